The third-order valence-corrected chi connectivity index (χ3v) is 4.19. The first-order valence-electron chi connectivity index (χ1n) is 4.86. The van der Waals surface area contributed by atoms with Gasteiger partial charge >= 0.3 is 0 Å². The number of sulfone groups is 1. The molecule has 0 amide bonds. The van der Waals surface area contributed by atoms with Gasteiger partial charge in [-0.05, 0) is 25.0 Å². The Hall–Kier alpha value is -0.870. The van der Waals surface area contributed by atoms with E-state index in [9.17, 15) is 8.42 Å². The summed E-state index contributed by atoms with van der Waals surface area (Å²) in [5.74, 6) is -0.233. The highest BCUT2D eigenvalue weighted by molar-refractivity contribution is 7.91. The molecule has 0 aliphatic carbocycles. The maximum atomic E-state index is 11.8. The van der Waals surface area contributed by atoms with E-state index in [1.165, 1.54) is 0 Å². The van der Waals surface area contributed by atoms with Crippen molar-refractivity contribution in [2.75, 3.05) is 12.4 Å². The largest absolute Gasteiger partial charge is 0.396 e. The van der Waals surface area contributed by atoms with Crippen LogP contribution in [0.3, 0.4) is 0 Å². The molecule has 1 N–H and O–H groups in total. The molecule has 0 aromatic heterocycles. The van der Waals surface area contributed by atoms with Crippen LogP contribution < -0.4 is 0 Å². The summed E-state index contributed by atoms with van der Waals surface area (Å²) in [6.07, 6.45) is 0. The molecule has 0 bridgehead atoms. The van der Waals surface area contributed by atoms with Crippen molar-refractivity contribution in [3.8, 4) is 0 Å². The van der Waals surface area contributed by atoms with Crippen LogP contribution in [0.2, 0.25) is 0 Å². The van der Waals surface area contributed by atoms with E-state index in [1.54, 1.807) is 31.2 Å². The average Bonchev–Trinajstić information content (AvgIpc) is 2.17. The Morgan fingerprint density at radius 1 is 1.27 bits per heavy atom. The minimum atomic E-state index is -3.25. The standard InChI is InChI=1S/C11H16O3S/c1-9-3-5-11(6-4-9)15(13,14)8-10(2)7-12/h3-6,10,12H,7-8H2,1-2H3. The highest BCUT2D eigenvalue weighted by atomic mass is 32.2. The molecule has 0 aliphatic rings. The Kier molecular flexibility index (Phi) is 3.88. The normalized spacial score (nSPS) is 13.8. The summed E-state index contributed by atoms with van der Waals surface area (Å²) in [5.41, 5.74) is 1.03. The lowest BCUT2D eigenvalue weighted by Crippen LogP contribution is -2.16. The van der Waals surface area contributed by atoms with Crippen LogP contribution in [0, 0.1) is 12.8 Å². The van der Waals surface area contributed by atoms with Crippen molar-refractivity contribution in [2.24, 2.45) is 5.92 Å². The Morgan fingerprint density at radius 2 is 1.80 bits per heavy atom. The molecule has 1 rings (SSSR count). The number of aliphatic hydroxyl groups is 1. The summed E-state index contributed by atoms with van der Waals surface area (Å²) >= 11 is 0. The fourth-order valence-electron chi connectivity index (χ4n) is 1.27. The lowest BCUT2D eigenvalue weighted by atomic mass is 10.2. The van der Waals surface area contributed by atoms with Crippen LogP contribution in [0.4, 0.5) is 0 Å². The Bertz CT molecular complexity index is 406. The molecule has 84 valence electrons. The number of hydrogen-bond donors (Lipinski definition) is 1. The lowest BCUT2D eigenvalue weighted by Gasteiger charge is -2.09. The van der Waals surface area contributed by atoms with Crippen LogP contribution in [0.15, 0.2) is 29.2 Å². The molecule has 1 aromatic carbocycles. The second kappa shape index (κ2) is 4.77. The summed E-state index contributed by atoms with van der Waals surface area (Å²) in [6.45, 7) is 3.52. The van der Waals surface area contributed by atoms with E-state index in [0.717, 1.165) is 5.56 Å². The summed E-state index contributed by atoms with van der Waals surface area (Å²) in [4.78, 5) is 0.327. The van der Waals surface area contributed by atoms with Gasteiger partial charge in [0.05, 0.1) is 10.6 Å². The molecule has 0 heterocycles. The van der Waals surface area contributed by atoms with E-state index in [4.69, 9.17) is 5.11 Å². The molecule has 0 radical (unpaired) electrons. The maximum absolute atomic E-state index is 11.8. The predicted octanol–water partition coefficient (Wildman–Crippen LogP) is 1.40. The third-order valence-electron chi connectivity index (χ3n) is 2.20. The molecule has 15 heavy (non-hydrogen) atoms. The Balaban J connectivity index is 2.91. The summed E-state index contributed by atoms with van der Waals surface area (Å²) < 4.78 is 23.6. The Morgan fingerprint density at radius 3 is 2.27 bits per heavy atom. The van der Waals surface area contributed by atoms with Crippen molar-refractivity contribution in [1.29, 1.82) is 0 Å². The summed E-state index contributed by atoms with van der Waals surface area (Å²) in [5, 5.41) is 8.82. The number of rotatable bonds is 4. The summed E-state index contributed by atoms with van der Waals surface area (Å²) in [6, 6.07) is 6.76. The van der Waals surface area contributed by atoms with E-state index in [-0.39, 0.29) is 18.3 Å². The first kappa shape index (κ1) is 12.2. The van der Waals surface area contributed by atoms with E-state index >= 15 is 0 Å². The van der Waals surface area contributed by atoms with Gasteiger partial charge in [-0.1, -0.05) is 24.6 Å². The Labute approximate surface area is 90.7 Å². The average molecular weight is 228 g/mol. The minimum Gasteiger partial charge on any atom is -0.396 e. The first-order valence-corrected chi connectivity index (χ1v) is 6.51. The zero-order valence-electron chi connectivity index (χ0n) is 8.97. The SMILES string of the molecule is Cc1ccc(S(=O)(=O)CC(C)CO)cc1. The van der Waals surface area contributed by atoms with Crippen molar-refractivity contribution in [2.45, 2.75) is 18.7 Å². The van der Waals surface area contributed by atoms with Gasteiger partial charge < -0.3 is 5.11 Å². The smallest absolute Gasteiger partial charge is 0.178 e. The lowest BCUT2D eigenvalue weighted by molar-refractivity contribution is 0.249. The molecule has 0 fully saturated rings. The highest BCUT2D eigenvalue weighted by Gasteiger charge is 2.17. The molecule has 0 saturated heterocycles. The molecule has 0 saturated carbocycles. The molecule has 1 aromatic rings. The van der Waals surface area contributed by atoms with Crippen molar-refractivity contribution >= 4 is 9.84 Å². The molecular weight excluding hydrogens is 212 g/mol. The van der Waals surface area contributed by atoms with Crippen LogP contribution in [0.5, 0.6) is 0 Å². The first-order chi connectivity index (χ1) is 6.95. The van der Waals surface area contributed by atoms with Gasteiger partial charge in [-0.15, -0.1) is 0 Å². The van der Waals surface area contributed by atoms with Gasteiger partial charge in [0.1, 0.15) is 0 Å². The predicted molar refractivity (Wildman–Crippen MR) is 59.5 cm³/mol. The van der Waals surface area contributed by atoms with Crippen molar-refractivity contribution in [1.82, 2.24) is 0 Å². The molecule has 4 heteroatoms. The number of hydrogen-bond acceptors (Lipinski definition) is 3. The topological polar surface area (TPSA) is 54.4 Å². The molecule has 3 nitrogen and oxygen atoms in total. The van der Waals surface area contributed by atoms with E-state index < -0.39 is 9.84 Å². The zero-order valence-corrected chi connectivity index (χ0v) is 9.79. The van der Waals surface area contributed by atoms with Crippen LogP contribution >= 0.6 is 0 Å². The third kappa shape index (κ3) is 3.32. The van der Waals surface area contributed by atoms with E-state index in [0.29, 0.717) is 4.90 Å². The quantitative estimate of drug-likeness (QED) is 0.847. The fourth-order valence-corrected chi connectivity index (χ4v) is 2.87. The second-order valence-electron chi connectivity index (χ2n) is 3.88. The highest BCUT2D eigenvalue weighted by Crippen LogP contribution is 2.14. The van der Waals surface area contributed by atoms with Gasteiger partial charge in [0.2, 0.25) is 0 Å². The van der Waals surface area contributed by atoms with Crippen LogP contribution in [-0.2, 0) is 9.84 Å². The van der Waals surface area contributed by atoms with Crippen LogP contribution in [-0.4, -0.2) is 25.9 Å². The number of benzene rings is 1. The summed E-state index contributed by atoms with van der Waals surface area (Å²) in [7, 11) is -3.25. The monoisotopic (exact) mass is 228 g/mol. The van der Waals surface area contributed by atoms with E-state index in [1.807, 2.05) is 6.92 Å². The zero-order chi connectivity index (χ0) is 11.5. The van der Waals surface area contributed by atoms with Crippen LogP contribution in [0.1, 0.15) is 12.5 Å². The molecule has 1 unspecified atom stereocenters. The van der Waals surface area contributed by atoms with Crippen molar-refractivity contribution in [3.63, 3.8) is 0 Å². The molecule has 0 aliphatic heterocycles. The number of aliphatic hydroxyl groups excluding tert-OH is 1. The van der Waals surface area contributed by atoms with Gasteiger partial charge in [0.25, 0.3) is 0 Å². The van der Waals surface area contributed by atoms with Gasteiger partial charge in [0.15, 0.2) is 9.84 Å². The van der Waals surface area contributed by atoms with Gasteiger partial charge in [-0.3, -0.25) is 0 Å². The van der Waals surface area contributed by atoms with Gasteiger partial charge in [-0.2, -0.15) is 0 Å². The molecular formula is C11H16O3S. The van der Waals surface area contributed by atoms with Gasteiger partial charge in [-0.25, -0.2) is 8.42 Å². The fraction of sp³-hybridized carbons (Fsp3) is 0.455. The van der Waals surface area contributed by atoms with E-state index in [2.05, 4.69) is 0 Å². The number of aryl methyl sites for hydroxylation is 1. The molecule has 0 spiro atoms. The van der Waals surface area contributed by atoms with Crippen molar-refractivity contribution < 1.29 is 13.5 Å². The minimum absolute atomic E-state index is 0.00738. The second-order valence-corrected chi connectivity index (χ2v) is 5.92. The maximum Gasteiger partial charge on any atom is 0.178 e. The van der Waals surface area contributed by atoms with Gasteiger partial charge in [0, 0.05) is 6.61 Å². The van der Waals surface area contributed by atoms with Crippen molar-refractivity contribution in [3.05, 3.63) is 29.8 Å². The molecule has 1 atom stereocenters. The van der Waals surface area contributed by atoms with Crippen LogP contribution in [0.25, 0.3) is 0 Å².